The Hall–Kier alpha value is -0.610. The summed E-state index contributed by atoms with van der Waals surface area (Å²) in [7, 11) is 0. The predicted octanol–water partition coefficient (Wildman–Crippen LogP) is 1.22. The number of aliphatic hydroxyl groups is 1. The van der Waals surface area contributed by atoms with Gasteiger partial charge in [0.1, 0.15) is 5.60 Å². The van der Waals surface area contributed by atoms with E-state index in [4.69, 9.17) is 4.74 Å². The number of hydrogen-bond acceptors (Lipinski definition) is 4. The van der Waals surface area contributed by atoms with Crippen LogP contribution in [0.25, 0.3) is 0 Å². The van der Waals surface area contributed by atoms with Crippen LogP contribution in [0.15, 0.2) is 0 Å². The SMILES string of the molecule is CC(C)(C)OC(=O)CNC1CCCCC1O. The van der Waals surface area contributed by atoms with Gasteiger partial charge in [-0.15, -0.1) is 0 Å². The van der Waals surface area contributed by atoms with E-state index in [0.717, 1.165) is 25.7 Å². The average Bonchev–Trinajstić information content (AvgIpc) is 2.14. The minimum atomic E-state index is -0.441. The number of rotatable bonds is 3. The van der Waals surface area contributed by atoms with Crippen LogP contribution >= 0.6 is 0 Å². The molecule has 4 heteroatoms. The second kappa shape index (κ2) is 5.64. The first-order valence-electron chi connectivity index (χ1n) is 6.02. The topological polar surface area (TPSA) is 58.6 Å². The lowest BCUT2D eigenvalue weighted by atomic mass is 9.93. The lowest BCUT2D eigenvalue weighted by Crippen LogP contribution is -2.45. The molecular weight excluding hydrogens is 206 g/mol. The number of aliphatic hydroxyl groups excluding tert-OH is 1. The largest absolute Gasteiger partial charge is 0.459 e. The Morgan fingerprint density at radius 3 is 2.56 bits per heavy atom. The summed E-state index contributed by atoms with van der Waals surface area (Å²) in [5, 5.41) is 12.8. The Labute approximate surface area is 97.4 Å². The van der Waals surface area contributed by atoms with Crippen LogP contribution in [-0.4, -0.2) is 35.4 Å². The van der Waals surface area contributed by atoms with Crippen molar-refractivity contribution in [3.63, 3.8) is 0 Å². The summed E-state index contributed by atoms with van der Waals surface area (Å²) in [6.07, 6.45) is 3.63. The average molecular weight is 229 g/mol. The molecule has 94 valence electrons. The summed E-state index contributed by atoms with van der Waals surface area (Å²) in [6, 6.07) is 0.0428. The van der Waals surface area contributed by atoms with Gasteiger partial charge >= 0.3 is 5.97 Å². The quantitative estimate of drug-likeness (QED) is 0.714. The standard InChI is InChI=1S/C12H23NO3/c1-12(2,3)16-11(15)8-13-9-6-4-5-7-10(9)14/h9-10,13-14H,4-8H2,1-3H3. The molecule has 0 spiro atoms. The van der Waals surface area contributed by atoms with Crippen LogP contribution in [0.3, 0.4) is 0 Å². The van der Waals surface area contributed by atoms with E-state index >= 15 is 0 Å². The molecule has 2 atom stereocenters. The zero-order valence-corrected chi connectivity index (χ0v) is 10.5. The summed E-state index contributed by atoms with van der Waals surface area (Å²) < 4.78 is 5.18. The highest BCUT2D eigenvalue weighted by molar-refractivity contribution is 5.72. The van der Waals surface area contributed by atoms with Gasteiger partial charge in [-0.25, -0.2) is 0 Å². The normalized spacial score (nSPS) is 26.5. The fourth-order valence-electron chi connectivity index (χ4n) is 1.94. The van der Waals surface area contributed by atoms with Crippen molar-refractivity contribution in [1.82, 2.24) is 5.32 Å². The number of carbonyl (C=O) groups excluding carboxylic acids is 1. The van der Waals surface area contributed by atoms with E-state index in [-0.39, 0.29) is 24.7 Å². The monoisotopic (exact) mass is 229 g/mol. The third kappa shape index (κ3) is 4.94. The maximum absolute atomic E-state index is 11.4. The Morgan fingerprint density at radius 1 is 1.38 bits per heavy atom. The van der Waals surface area contributed by atoms with E-state index in [9.17, 15) is 9.90 Å². The lowest BCUT2D eigenvalue weighted by molar-refractivity contribution is -0.153. The van der Waals surface area contributed by atoms with Crippen molar-refractivity contribution in [3.8, 4) is 0 Å². The molecule has 0 aromatic rings. The fourth-order valence-corrected chi connectivity index (χ4v) is 1.94. The molecule has 1 rings (SSSR count). The maximum Gasteiger partial charge on any atom is 0.320 e. The molecule has 1 fully saturated rings. The van der Waals surface area contributed by atoms with E-state index in [0.29, 0.717) is 0 Å². The van der Waals surface area contributed by atoms with Crippen LogP contribution in [0.1, 0.15) is 46.5 Å². The summed E-state index contributed by atoms with van der Waals surface area (Å²) in [4.78, 5) is 11.4. The molecule has 0 radical (unpaired) electrons. The molecule has 0 aromatic carbocycles. The van der Waals surface area contributed by atoms with Crippen molar-refractivity contribution in [2.75, 3.05) is 6.54 Å². The summed E-state index contributed by atoms with van der Waals surface area (Å²) >= 11 is 0. The molecule has 0 bridgehead atoms. The number of hydrogen-bond donors (Lipinski definition) is 2. The van der Waals surface area contributed by atoms with Crippen LogP contribution in [0, 0.1) is 0 Å². The van der Waals surface area contributed by atoms with E-state index in [1.165, 1.54) is 0 Å². The van der Waals surface area contributed by atoms with E-state index in [2.05, 4.69) is 5.32 Å². The highest BCUT2D eigenvalue weighted by Gasteiger charge is 2.24. The molecule has 1 aliphatic carbocycles. The van der Waals surface area contributed by atoms with Crippen molar-refractivity contribution in [2.24, 2.45) is 0 Å². The van der Waals surface area contributed by atoms with E-state index in [1.54, 1.807) is 0 Å². The zero-order chi connectivity index (χ0) is 12.2. The van der Waals surface area contributed by atoms with Crippen molar-refractivity contribution < 1.29 is 14.6 Å². The van der Waals surface area contributed by atoms with Gasteiger partial charge in [-0.1, -0.05) is 12.8 Å². The molecule has 0 saturated heterocycles. The smallest absolute Gasteiger partial charge is 0.320 e. The molecule has 1 aliphatic rings. The van der Waals surface area contributed by atoms with Gasteiger partial charge in [0.05, 0.1) is 12.6 Å². The van der Waals surface area contributed by atoms with Crippen LogP contribution < -0.4 is 5.32 Å². The summed E-state index contributed by atoms with van der Waals surface area (Å²) in [6.45, 7) is 5.72. The summed E-state index contributed by atoms with van der Waals surface area (Å²) in [5.74, 6) is -0.259. The lowest BCUT2D eigenvalue weighted by Gasteiger charge is -2.28. The minimum absolute atomic E-state index is 0.0428. The molecule has 16 heavy (non-hydrogen) atoms. The third-order valence-corrected chi connectivity index (χ3v) is 2.66. The first kappa shape index (κ1) is 13.5. The highest BCUT2D eigenvalue weighted by atomic mass is 16.6. The van der Waals surface area contributed by atoms with Crippen LogP contribution in [0.5, 0.6) is 0 Å². The molecule has 1 saturated carbocycles. The number of ether oxygens (including phenoxy) is 1. The second-order valence-electron chi connectivity index (χ2n) is 5.43. The Morgan fingerprint density at radius 2 is 2.00 bits per heavy atom. The van der Waals surface area contributed by atoms with Gasteiger partial charge in [-0.2, -0.15) is 0 Å². The van der Waals surface area contributed by atoms with Gasteiger partial charge in [0, 0.05) is 6.04 Å². The van der Waals surface area contributed by atoms with E-state index in [1.807, 2.05) is 20.8 Å². The Bertz CT molecular complexity index is 235. The first-order chi connectivity index (χ1) is 7.38. The minimum Gasteiger partial charge on any atom is -0.459 e. The van der Waals surface area contributed by atoms with Gasteiger partial charge in [0.2, 0.25) is 0 Å². The molecule has 2 N–H and O–H groups in total. The highest BCUT2D eigenvalue weighted by Crippen LogP contribution is 2.18. The second-order valence-corrected chi connectivity index (χ2v) is 5.43. The van der Waals surface area contributed by atoms with Gasteiger partial charge < -0.3 is 15.2 Å². The van der Waals surface area contributed by atoms with Crippen molar-refractivity contribution in [3.05, 3.63) is 0 Å². The van der Waals surface area contributed by atoms with Gasteiger partial charge in [-0.05, 0) is 33.6 Å². The Kier molecular flexibility index (Phi) is 4.74. The van der Waals surface area contributed by atoms with Crippen LogP contribution in [-0.2, 0) is 9.53 Å². The molecule has 0 heterocycles. The summed E-state index contributed by atoms with van der Waals surface area (Å²) in [5.41, 5.74) is -0.441. The number of carbonyl (C=O) groups is 1. The molecule has 4 nitrogen and oxygen atoms in total. The first-order valence-corrected chi connectivity index (χ1v) is 6.02. The van der Waals surface area contributed by atoms with Crippen molar-refractivity contribution in [2.45, 2.75) is 64.2 Å². The van der Waals surface area contributed by atoms with Crippen LogP contribution in [0.4, 0.5) is 0 Å². The maximum atomic E-state index is 11.4. The molecule has 2 unspecified atom stereocenters. The molecule has 0 amide bonds. The van der Waals surface area contributed by atoms with E-state index < -0.39 is 5.60 Å². The third-order valence-electron chi connectivity index (χ3n) is 2.66. The fraction of sp³-hybridized carbons (Fsp3) is 0.917. The predicted molar refractivity (Wildman–Crippen MR) is 62.1 cm³/mol. The molecule has 0 aromatic heterocycles. The van der Waals surface area contributed by atoms with Gasteiger partial charge in [0.15, 0.2) is 0 Å². The Balaban J connectivity index is 2.25. The number of nitrogens with one attached hydrogen (secondary N) is 1. The van der Waals surface area contributed by atoms with Crippen molar-refractivity contribution >= 4 is 5.97 Å². The number of esters is 1. The van der Waals surface area contributed by atoms with Crippen LogP contribution in [0.2, 0.25) is 0 Å². The molecule has 0 aliphatic heterocycles. The molecular formula is C12H23NO3. The zero-order valence-electron chi connectivity index (χ0n) is 10.5. The van der Waals surface area contributed by atoms with Gasteiger partial charge in [-0.3, -0.25) is 4.79 Å². The van der Waals surface area contributed by atoms with Gasteiger partial charge in [0.25, 0.3) is 0 Å². The van der Waals surface area contributed by atoms with Crippen molar-refractivity contribution in [1.29, 1.82) is 0 Å².